The molecule has 88 valence electrons. The Labute approximate surface area is 104 Å². The Morgan fingerprint density at radius 1 is 1.00 bits per heavy atom. The molecule has 0 atom stereocenters. The topological polar surface area (TPSA) is 0 Å². The predicted octanol–water partition coefficient (Wildman–Crippen LogP) is 3.55. The maximum Gasteiger partial charge on any atom is -0.0103 e. The van der Waals surface area contributed by atoms with E-state index in [2.05, 4.69) is 50.4 Å². The quantitative estimate of drug-likeness (QED) is 0.695. The summed E-state index contributed by atoms with van der Waals surface area (Å²) < 4.78 is 0. The van der Waals surface area contributed by atoms with E-state index in [0.29, 0.717) is 0 Å². The molecule has 2 aromatic carbocycles. The van der Waals surface area contributed by atoms with E-state index in [9.17, 15) is 0 Å². The first kappa shape index (κ1) is 13.2. The molecular formula is C17H20. The van der Waals surface area contributed by atoms with Gasteiger partial charge in [0.15, 0.2) is 0 Å². The molecule has 0 unspecified atom stereocenters. The van der Waals surface area contributed by atoms with Crippen molar-refractivity contribution in [3.8, 4) is 0 Å². The average molecular weight is 224 g/mol. The van der Waals surface area contributed by atoms with E-state index in [1.807, 2.05) is 26.0 Å². The van der Waals surface area contributed by atoms with Gasteiger partial charge in [0.25, 0.3) is 0 Å². The van der Waals surface area contributed by atoms with Gasteiger partial charge in [-0.25, -0.2) is 0 Å². The number of hydrogen-bond donors (Lipinski definition) is 0. The number of benzene rings is 2. The molecule has 0 aliphatic carbocycles. The molecule has 2 aromatic rings. The minimum Gasteiger partial charge on any atom is -0.0990 e. The van der Waals surface area contributed by atoms with E-state index in [1.54, 1.807) is 0 Å². The second-order valence-electron chi connectivity index (χ2n) is 3.71. The van der Waals surface area contributed by atoms with Crippen LogP contribution in [0.5, 0.6) is 0 Å². The lowest BCUT2D eigenvalue weighted by Crippen LogP contribution is -2.23. The van der Waals surface area contributed by atoms with Crippen molar-refractivity contribution in [1.29, 1.82) is 0 Å². The minimum absolute atomic E-state index is 1.05. The molecule has 0 spiro atoms. The lowest BCUT2D eigenvalue weighted by Gasteiger charge is -2.02. The van der Waals surface area contributed by atoms with Gasteiger partial charge in [0, 0.05) is 0 Å². The molecule has 0 saturated carbocycles. The normalized spacial score (nSPS) is 10.9. The Morgan fingerprint density at radius 2 is 1.71 bits per heavy atom. The zero-order valence-corrected chi connectivity index (χ0v) is 11.0. The van der Waals surface area contributed by atoms with Crippen LogP contribution in [0.2, 0.25) is 0 Å². The standard InChI is InChI=1S/C15H14.C2H6/c1-4-6-13-12(3)9-10-14-11(2)7-5-8-15(13)14;1-2/h4-10H,1,3H2,2H3;1-2H3/b13-6+;. The van der Waals surface area contributed by atoms with Gasteiger partial charge in [-0.3, -0.25) is 0 Å². The van der Waals surface area contributed by atoms with Crippen LogP contribution in [0.15, 0.2) is 43.0 Å². The van der Waals surface area contributed by atoms with Crippen molar-refractivity contribution in [1.82, 2.24) is 0 Å². The molecule has 0 fully saturated rings. The third kappa shape index (κ3) is 2.65. The maximum absolute atomic E-state index is 4.04. The molecule has 0 N–H and O–H groups in total. The van der Waals surface area contributed by atoms with Crippen LogP contribution in [0.1, 0.15) is 19.4 Å². The molecule has 0 bridgehead atoms. The van der Waals surface area contributed by atoms with Crippen LogP contribution < -0.4 is 10.4 Å². The van der Waals surface area contributed by atoms with Crippen LogP contribution in [-0.2, 0) is 0 Å². The monoisotopic (exact) mass is 224 g/mol. The van der Waals surface area contributed by atoms with Crippen LogP contribution in [-0.4, -0.2) is 0 Å². The summed E-state index contributed by atoms with van der Waals surface area (Å²) in [6.45, 7) is 13.9. The Hall–Kier alpha value is -1.82. The second kappa shape index (κ2) is 6.05. The fourth-order valence-corrected chi connectivity index (χ4v) is 1.90. The van der Waals surface area contributed by atoms with Crippen LogP contribution in [0, 0.1) is 6.92 Å². The largest absolute Gasteiger partial charge is 0.0990 e. The molecule has 2 rings (SSSR count). The third-order valence-electron chi connectivity index (χ3n) is 2.70. The Morgan fingerprint density at radius 3 is 2.35 bits per heavy atom. The van der Waals surface area contributed by atoms with E-state index in [4.69, 9.17) is 0 Å². The van der Waals surface area contributed by atoms with E-state index in [-0.39, 0.29) is 0 Å². The van der Waals surface area contributed by atoms with Gasteiger partial charge in [-0.15, -0.1) is 0 Å². The van der Waals surface area contributed by atoms with Gasteiger partial charge in [0.2, 0.25) is 0 Å². The Bertz CT molecular complexity index is 618. The molecule has 0 heterocycles. The van der Waals surface area contributed by atoms with E-state index < -0.39 is 0 Å². The Balaban J connectivity index is 0.000000686. The summed E-state index contributed by atoms with van der Waals surface area (Å²) in [6, 6.07) is 10.5. The van der Waals surface area contributed by atoms with E-state index in [1.165, 1.54) is 21.6 Å². The molecule has 0 saturated heterocycles. The van der Waals surface area contributed by atoms with Gasteiger partial charge in [0.1, 0.15) is 0 Å². The zero-order valence-electron chi connectivity index (χ0n) is 11.0. The zero-order chi connectivity index (χ0) is 12.8. The number of rotatable bonds is 1. The van der Waals surface area contributed by atoms with Gasteiger partial charge < -0.3 is 0 Å². The van der Waals surface area contributed by atoms with Gasteiger partial charge in [-0.1, -0.05) is 69.5 Å². The minimum atomic E-state index is 1.05. The summed E-state index contributed by atoms with van der Waals surface area (Å²) in [6.07, 6.45) is 3.83. The first-order valence-corrected chi connectivity index (χ1v) is 6.04. The van der Waals surface area contributed by atoms with Crippen molar-refractivity contribution >= 4 is 23.4 Å². The number of aryl methyl sites for hydroxylation is 1. The fraction of sp³-hybridized carbons (Fsp3) is 0.176. The van der Waals surface area contributed by atoms with Gasteiger partial charge in [0.05, 0.1) is 0 Å². The van der Waals surface area contributed by atoms with Gasteiger partial charge >= 0.3 is 0 Å². The summed E-state index contributed by atoms with van der Waals surface area (Å²) in [4.78, 5) is 0. The molecule has 0 amide bonds. The summed E-state index contributed by atoms with van der Waals surface area (Å²) in [5.41, 5.74) is 1.30. The lowest BCUT2D eigenvalue weighted by molar-refractivity contribution is 1.50. The van der Waals surface area contributed by atoms with Gasteiger partial charge in [-0.05, 0) is 33.7 Å². The average Bonchev–Trinajstić information content (AvgIpc) is 2.36. The third-order valence-corrected chi connectivity index (χ3v) is 2.70. The lowest BCUT2D eigenvalue weighted by atomic mass is 10.0. The summed E-state index contributed by atoms with van der Waals surface area (Å²) in [7, 11) is 0. The maximum atomic E-state index is 4.04. The summed E-state index contributed by atoms with van der Waals surface area (Å²) >= 11 is 0. The van der Waals surface area contributed by atoms with E-state index >= 15 is 0 Å². The van der Waals surface area contributed by atoms with Crippen molar-refractivity contribution < 1.29 is 0 Å². The van der Waals surface area contributed by atoms with Crippen LogP contribution in [0.3, 0.4) is 0 Å². The van der Waals surface area contributed by atoms with Crippen molar-refractivity contribution in [3.63, 3.8) is 0 Å². The number of hydrogen-bond acceptors (Lipinski definition) is 0. The highest BCUT2D eigenvalue weighted by atomic mass is 14.0. The fourth-order valence-electron chi connectivity index (χ4n) is 1.90. The molecule has 17 heavy (non-hydrogen) atoms. The van der Waals surface area contributed by atoms with Gasteiger partial charge in [-0.2, -0.15) is 0 Å². The van der Waals surface area contributed by atoms with Crippen LogP contribution in [0.4, 0.5) is 0 Å². The van der Waals surface area contributed by atoms with Crippen molar-refractivity contribution in [2.45, 2.75) is 20.8 Å². The first-order valence-electron chi connectivity index (χ1n) is 6.04. The summed E-state index contributed by atoms with van der Waals surface area (Å²) in [5, 5.41) is 4.76. The van der Waals surface area contributed by atoms with E-state index in [0.717, 1.165) is 5.22 Å². The summed E-state index contributed by atoms with van der Waals surface area (Å²) in [5.74, 6) is 0. The first-order chi connectivity index (χ1) is 8.24. The molecule has 0 nitrogen and oxygen atoms in total. The molecule has 0 heteroatoms. The SMILES string of the molecule is C=C/C=c1\c(=C)ccc2c(C)cccc12.CC. The highest BCUT2D eigenvalue weighted by Gasteiger charge is 1.97. The number of fused-ring (bicyclic) bond motifs is 1. The second-order valence-corrected chi connectivity index (χ2v) is 3.71. The highest BCUT2D eigenvalue weighted by molar-refractivity contribution is 5.86. The molecule has 0 aromatic heterocycles. The van der Waals surface area contributed by atoms with Crippen molar-refractivity contribution in [3.05, 3.63) is 59.0 Å². The van der Waals surface area contributed by atoms with Crippen LogP contribution >= 0.6 is 0 Å². The van der Waals surface area contributed by atoms with Crippen molar-refractivity contribution in [2.24, 2.45) is 0 Å². The number of allylic oxidation sites excluding steroid dienone is 1. The molecule has 0 aliphatic heterocycles. The predicted molar refractivity (Wildman–Crippen MR) is 79.5 cm³/mol. The van der Waals surface area contributed by atoms with Crippen LogP contribution in [0.25, 0.3) is 23.4 Å². The molecule has 0 aliphatic rings. The smallest absolute Gasteiger partial charge is 0.0103 e. The Kier molecular flexibility index (Phi) is 4.71. The molecular weight excluding hydrogens is 204 g/mol. The van der Waals surface area contributed by atoms with Crippen molar-refractivity contribution in [2.75, 3.05) is 0 Å². The highest BCUT2D eigenvalue weighted by Crippen LogP contribution is 2.12. The molecule has 0 radical (unpaired) electrons.